The number of halogens is 1. The molecule has 1 aromatic carbocycles. The van der Waals surface area contributed by atoms with Crippen LogP contribution in [0.1, 0.15) is 41.4 Å². The minimum atomic E-state index is -0.199. The van der Waals surface area contributed by atoms with E-state index < -0.39 is 0 Å². The molecular weight excluding hydrogens is 384 g/mol. The zero-order chi connectivity index (χ0) is 18.8. The smallest absolute Gasteiger partial charge is 0.289 e. The average molecular weight is 405 g/mol. The number of nitrogens with one attached hydrogen (secondary N) is 1. The highest BCUT2D eigenvalue weighted by Gasteiger charge is 2.32. The molecule has 4 rings (SSSR count). The molecular formula is C20H21ClN2O3S. The standard InChI is InChI=1S/C20H21ClN2O3S/c21-14-5-6-18-15(11-14)16(7-10-27-18)22-19(24)13-3-1-8-23(12-13)20(25)17-4-2-9-26-17/h2,4-6,9,11,13,16H,1,3,7-8,10,12H2,(H,22,24)/t13-,16+/m0/s1. The van der Waals surface area contributed by atoms with E-state index in [-0.39, 0.29) is 23.8 Å². The van der Waals surface area contributed by atoms with Gasteiger partial charge in [-0.3, -0.25) is 9.59 Å². The second kappa shape index (κ2) is 7.98. The molecule has 7 heteroatoms. The van der Waals surface area contributed by atoms with E-state index in [1.54, 1.807) is 28.8 Å². The van der Waals surface area contributed by atoms with Gasteiger partial charge < -0.3 is 14.6 Å². The molecule has 0 aliphatic carbocycles. The Morgan fingerprint density at radius 2 is 2.15 bits per heavy atom. The minimum Gasteiger partial charge on any atom is -0.459 e. The van der Waals surface area contributed by atoms with Crippen LogP contribution in [-0.2, 0) is 4.79 Å². The van der Waals surface area contributed by atoms with Crippen molar-refractivity contribution in [2.45, 2.75) is 30.2 Å². The predicted octanol–water partition coefficient (Wildman–Crippen LogP) is 4.14. The van der Waals surface area contributed by atoms with E-state index in [1.165, 1.54) is 11.2 Å². The average Bonchev–Trinajstić information content (AvgIpc) is 3.23. The summed E-state index contributed by atoms with van der Waals surface area (Å²) in [7, 11) is 0. The third-order valence-corrected chi connectivity index (χ3v) is 6.50. The highest BCUT2D eigenvalue weighted by Crippen LogP contribution is 2.37. The van der Waals surface area contributed by atoms with Gasteiger partial charge in [-0.25, -0.2) is 0 Å². The first kappa shape index (κ1) is 18.4. The quantitative estimate of drug-likeness (QED) is 0.835. The van der Waals surface area contributed by atoms with Gasteiger partial charge in [-0.15, -0.1) is 11.8 Å². The van der Waals surface area contributed by atoms with Gasteiger partial charge in [-0.1, -0.05) is 11.6 Å². The lowest BCUT2D eigenvalue weighted by Gasteiger charge is -2.33. The first-order chi connectivity index (χ1) is 13.1. The maximum Gasteiger partial charge on any atom is 0.289 e. The molecule has 5 nitrogen and oxygen atoms in total. The number of piperidine rings is 1. The number of benzene rings is 1. The van der Waals surface area contributed by atoms with Crippen LogP contribution in [0.2, 0.25) is 5.02 Å². The molecule has 3 heterocycles. The Morgan fingerprint density at radius 3 is 2.96 bits per heavy atom. The normalized spacial score (nSPS) is 22.2. The molecule has 2 aliphatic rings. The Morgan fingerprint density at radius 1 is 1.26 bits per heavy atom. The van der Waals surface area contributed by atoms with Crippen LogP contribution >= 0.6 is 23.4 Å². The molecule has 0 radical (unpaired) electrons. The summed E-state index contributed by atoms with van der Waals surface area (Å²) in [5, 5.41) is 3.88. The molecule has 1 fully saturated rings. The summed E-state index contributed by atoms with van der Waals surface area (Å²) in [6.07, 6.45) is 3.97. The zero-order valence-corrected chi connectivity index (χ0v) is 16.4. The van der Waals surface area contributed by atoms with Crippen LogP contribution in [0.25, 0.3) is 0 Å². The van der Waals surface area contributed by atoms with Gasteiger partial charge in [0.2, 0.25) is 5.91 Å². The number of furan rings is 1. The number of hydrogen-bond donors (Lipinski definition) is 1. The van der Waals surface area contributed by atoms with Crippen LogP contribution in [0.15, 0.2) is 45.9 Å². The van der Waals surface area contributed by atoms with Crippen LogP contribution in [0.3, 0.4) is 0 Å². The number of carbonyl (C=O) groups excluding carboxylic acids is 2. The monoisotopic (exact) mass is 404 g/mol. The van der Waals surface area contributed by atoms with Gasteiger partial charge in [0, 0.05) is 28.8 Å². The summed E-state index contributed by atoms with van der Waals surface area (Å²) < 4.78 is 5.21. The highest BCUT2D eigenvalue weighted by molar-refractivity contribution is 7.99. The molecule has 2 aromatic rings. The first-order valence-corrected chi connectivity index (χ1v) is 10.5. The lowest BCUT2D eigenvalue weighted by molar-refractivity contribution is -0.127. The van der Waals surface area contributed by atoms with Crippen LogP contribution in [0, 0.1) is 5.92 Å². The summed E-state index contributed by atoms with van der Waals surface area (Å²) in [4.78, 5) is 28.3. The van der Waals surface area contributed by atoms with Gasteiger partial charge in [0.1, 0.15) is 0 Å². The van der Waals surface area contributed by atoms with Crippen molar-refractivity contribution in [1.29, 1.82) is 0 Å². The van der Waals surface area contributed by atoms with Crippen LogP contribution in [0.4, 0.5) is 0 Å². The summed E-state index contributed by atoms with van der Waals surface area (Å²) in [6.45, 7) is 1.08. The van der Waals surface area contributed by atoms with Crippen molar-refractivity contribution in [3.8, 4) is 0 Å². The van der Waals surface area contributed by atoms with E-state index >= 15 is 0 Å². The van der Waals surface area contributed by atoms with Gasteiger partial charge >= 0.3 is 0 Å². The van der Waals surface area contributed by atoms with Gasteiger partial charge in [0.25, 0.3) is 5.91 Å². The number of thioether (sulfide) groups is 1. The van der Waals surface area contributed by atoms with Gasteiger partial charge in [0.05, 0.1) is 18.2 Å². The van der Waals surface area contributed by atoms with E-state index in [2.05, 4.69) is 5.32 Å². The van der Waals surface area contributed by atoms with E-state index in [9.17, 15) is 9.59 Å². The molecule has 2 amide bonds. The second-order valence-corrected chi connectivity index (χ2v) is 8.52. The Hall–Kier alpha value is -1.92. The van der Waals surface area contributed by atoms with Crippen molar-refractivity contribution in [1.82, 2.24) is 10.2 Å². The zero-order valence-electron chi connectivity index (χ0n) is 14.8. The number of rotatable bonds is 3. The van der Waals surface area contributed by atoms with Crippen LogP contribution in [0.5, 0.6) is 0 Å². The summed E-state index contributed by atoms with van der Waals surface area (Å²) >= 11 is 7.95. The molecule has 0 unspecified atom stereocenters. The Balaban J connectivity index is 1.43. The van der Waals surface area contributed by atoms with Crippen molar-refractivity contribution >= 4 is 35.2 Å². The number of fused-ring (bicyclic) bond motifs is 1. The maximum atomic E-state index is 12.9. The molecule has 1 N–H and O–H groups in total. The van der Waals surface area contributed by atoms with E-state index in [1.807, 2.05) is 18.2 Å². The van der Waals surface area contributed by atoms with E-state index in [0.717, 1.165) is 30.6 Å². The molecule has 142 valence electrons. The maximum absolute atomic E-state index is 12.9. The second-order valence-electron chi connectivity index (χ2n) is 6.95. The van der Waals surface area contributed by atoms with Crippen molar-refractivity contribution in [2.24, 2.45) is 5.92 Å². The fourth-order valence-corrected chi connectivity index (χ4v) is 5.02. The topological polar surface area (TPSA) is 62.6 Å². The molecule has 27 heavy (non-hydrogen) atoms. The van der Waals surface area contributed by atoms with Gasteiger partial charge in [-0.2, -0.15) is 0 Å². The van der Waals surface area contributed by atoms with Crippen molar-refractivity contribution in [2.75, 3.05) is 18.8 Å². The number of nitrogens with zero attached hydrogens (tertiary/aromatic N) is 1. The summed E-state index contributed by atoms with van der Waals surface area (Å²) in [5.41, 5.74) is 1.09. The third-order valence-electron chi connectivity index (χ3n) is 5.14. The SMILES string of the molecule is O=C(N[C@@H]1CCSc2ccc(Cl)cc21)[C@H]1CCCN(C(=O)c2ccco2)C1. The Labute approximate surface area is 167 Å². The summed E-state index contributed by atoms with van der Waals surface area (Å²) in [6, 6.07) is 9.18. The predicted molar refractivity (Wildman–Crippen MR) is 105 cm³/mol. The lowest BCUT2D eigenvalue weighted by atomic mass is 9.95. The first-order valence-electron chi connectivity index (χ1n) is 9.17. The lowest BCUT2D eigenvalue weighted by Crippen LogP contribution is -2.46. The number of carbonyl (C=O) groups is 2. The Kier molecular flexibility index (Phi) is 5.45. The van der Waals surface area contributed by atoms with Gasteiger partial charge in [0.15, 0.2) is 5.76 Å². The molecule has 1 saturated heterocycles. The summed E-state index contributed by atoms with van der Waals surface area (Å²) in [5.74, 6) is 0.949. The molecule has 0 saturated carbocycles. The van der Waals surface area contributed by atoms with Crippen LogP contribution in [-0.4, -0.2) is 35.6 Å². The number of amides is 2. The number of likely N-dealkylation sites (tertiary alicyclic amines) is 1. The molecule has 1 aromatic heterocycles. The van der Waals surface area contributed by atoms with E-state index in [4.69, 9.17) is 16.0 Å². The fourth-order valence-electron chi connectivity index (χ4n) is 3.74. The third kappa shape index (κ3) is 4.01. The largest absolute Gasteiger partial charge is 0.459 e. The highest BCUT2D eigenvalue weighted by atomic mass is 35.5. The van der Waals surface area contributed by atoms with Crippen molar-refractivity contribution in [3.05, 3.63) is 52.9 Å². The molecule has 2 aliphatic heterocycles. The molecule has 0 bridgehead atoms. The van der Waals surface area contributed by atoms with Crippen molar-refractivity contribution in [3.63, 3.8) is 0 Å². The minimum absolute atomic E-state index is 0.00905. The van der Waals surface area contributed by atoms with Crippen LogP contribution < -0.4 is 5.32 Å². The fraction of sp³-hybridized carbons (Fsp3) is 0.400. The Bertz CT molecular complexity index is 840. The van der Waals surface area contributed by atoms with Crippen molar-refractivity contribution < 1.29 is 14.0 Å². The van der Waals surface area contributed by atoms with Gasteiger partial charge in [-0.05, 0) is 55.2 Å². The van der Waals surface area contributed by atoms with E-state index in [0.29, 0.717) is 23.9 Å². The number of hydrogen-bond acceptors (Lipinski definition) is 4. The molecule has 2 atom stereocenters. The molecule has 0 spiro atoms.